The summed E-state index contributed by atoms with van der Waals surface area (Å²) < 4.78 is 4.25. The van der Waals surface area contributed by atoms with E-state index in [9.17, 15) is 4.79 Å². The van der Waals surface area contributed by atoms with Crippen LogP contribution in [0.25, 0.3) is 10.8 Å². The molecular weight excluding hydrogens is 260 g/mol. The van der Waals surface area contributed by atoms with Crippen molar-refractivity contribution in [2.45, 2.75) is 39.0 Å². The number of rotatable bonds is 2. The van der Waals surface area contributed by atoms with Gasteiger partial charge in [0.25, 0.3) is 0 Å². The van der Waals surface area contributed by atoms with E-state index in [2.05, 4.69) is 48.1 Å². The van der Waals surface area contributed by atoms with Crippen LogP contribution in [0.5, 0.6) is 0 Å². The molecule has 1 aliphatic rings. The summed E-state index contributed by atoms with van der Waals surface area (Å²) in [6, 6.07) is 12.8. The lowest BCUT2D eigenvalue weighted by Gasteiger charge is -2.09. The molecule has 1 fully saturated rings. The predicted octanol–water partition coefficient (Wildman–Crippen LogP) is 4.67. The Hall–Kier alpha value is -1.67. The van der Waals surface area contributed by atoms with Crippen molar-refractivity contribution in [3.8, 4) is 0 Å². The third-order valence-corrected chi connectivity index (χ3v) is 3.58. The number of fused-ring (bicyclic) bond motifs is 1. The standard InChI is InChI=1S/C15H14O.C2H6O.C2H6/c1-11-2-3-13-9-14(5-4-12(13)8-11)15(10-16)6-7-15;1-3-2;1-2/h2-5,8-10H,6-7H2,1H3;1-2H3;1-2H3. The molecule has 0 aromatic heterocycles. The van der Waals surface area contributed by atoms with Crippen LogP contribution in [0.2, 0.25) is 0 Å². The molecule has 3 rings (SSSR count). The number of methoxy groups -OCH3 is 1. The third-order valence-electron chi connectivity index (χ3n) is 3.58. The smallest absolute Gasteiger partial charge is 0.130 e. The first-order chi connectivity index (χ1) is 10.1. The molecule has 1 aliphatic carbocycles. The van der Waals surface area contributed by atoms with E-state index < -0.39 is 0 Å². The van der Waals surface area contributed by atoms with Crippen molar-refractivity contribution in [1.82, 2.24) is 0 Å². The Labute approximate surface area is 128 Å². The number of benzene rings is 2. The molecule has 1 saturated carbocycles. The quantitative estimate of drug-likeness (QED) is 0.750. The molecule has 0 amide bonds. The van der Waals surface area contributed by atoms with Crippen LogP contribution in [0, 0.1) is 6.92 Å². The normalized spacial score (nSPS) is 14.3. The van der Waals surface area contributed by atoms with E-state index in [-0.39, 0.29) is 5.41 Å². The van der Waals surface area contributed by atoms with Gasteiger partial charge in [-0.05, 0) is 36.1 Å². The number of carbonyl (C=O) groups is 1. The highest BCUT2D eigenvalue weighted by Gasteiger charge is 2.44. The summed E-state index contributed by atoms with van der Waals surface area (Å²) in [7, 11) is 3.25. The molecule has 0 atom stereocenters. The molecule has 21 heavy (non-hydrogen) atoms. The Morgan fingerprint density at radius 1 is 1.00 bits per heavy atom. The second kappa shape index (κ2) is 7.94. The minimum atomic E-state index is -0.154. The van der Waals surface area contributed by atoms with Gasteiger partial charge in [0, 0.05) is 14.2 Å². The highest BCUT2D eigenvalue weighted by molar-refractivity contribution is 5.86. The summed E-state index contributed by atoms with van der Waals surface area (Å²) in [5, 5.41) is 2.49. The summed E-state index contributed by atoms with van der Waals surface area (Å²) in [5.74, 6) is 0. The second-order valence-electron chi connectivity index (χ2n) is 5.25. The van der Waals surface area contributed by atoms with Gasteiger partial charge in [-0.15, -0.1) is 0 Å². The van der Waals surface area contributed by atoms with Gasteiger partial charge < -0.3 is 9.53 Å². The van der Waals surface area contributed by atoms with Crippen molar-refractivity contribution in [3.05, 3.63) is 47.5 Å². The van der Waals surface area contributed by atoms with Crippen LogP contribution >= 0.6 is 0 Å². The number of hydrogen-bond donors (Lipinski definition) is 0. The number of hydrogen-bond acceptors (Lipinski definition) is 2. The second-order valence-corrected chi connectivity index (χ2v) is 5.25. The van der Waals surface area contributed by atoms with Gasteiger partial charge in [-0.25, -0.2) is 0 Å². The monoisotopic (exact) mass is 286 g/mol. The Balaban J connectivity index is 0.000000395. The topological polar surface area (TPSA) is 26.3 Å². The van der Waals surface area contributed by atoms with Crippen LogP contribution < -0.4 is 0 Å². The van der Waals surface area contributed by atoms with Gasteiger partial charge in [0.2, 0.25) is 0 Å². The lowest BCUT2D eigenvalue weighted by Crippen LogP contribution is -2.07. The summed E-state index contributed by atoms with van der Waals surface area (Å²) in [6.07, 6.45) is 3.13. The van der Waals surface area contributed by atoms with Gasteiger partial charge in [0.1, 0.15) is 6.29 Å². The zero-order valence-electron chi connectivity index (χ0n) is 13.8. The zero-order valence-corrected chi connectivity index (χ0v) is 13.8. The van der Waals surface area contributed by atoms with Crippen LogP contribution in [-0.4, -0.2) is 20.5 Å². The summed E-state index contributed by atoms with van der Waals surface area (Å²) in [4.78, 5) is 11.1. The van der Waals surface area contributed by atoms with Crippen LogP contribution in [0.15, 0.2) is 36.4 Å². The van der Waals surface area contributed by atoms with Gasteiger partial charge in [0.05, 0.1) is 5.41 Å². The fraction of sp³-hybridized carbons (Fsp3) is 0.421. The Morgan fingerprint density at radius 3 is 2.05 bits per heavy atom. The Morgan fingerprint density at radius 2 is 1.52 bits per heavy atom. The minimum Gasteiger partial charge on any atom is -0.388 e. The molecule has 0 saturated heterocycles. The summed E-state index contributed by atoms with van der Waals surface area (Å²) >= 11 is 0. The predicted molar refractivity (Wildman–Crippen MR) is 89.9 cm³/mol. The van der Waals surface area contributed by atoms with Crippen LogP contribution in [0.4, 0.5) is 0 Å². The van der Waals surface area contributed by atoms with Crippen molar-refractivity contribution in [3.63, 3.8) is 0 Å². The van der Waals surface area contributed by atoms with Crippen LogP contribution in [0.1, 0.15) is 37.8 Å². The maximum atomic E-state index is 11.1. The van der Waals surface area contributed by atoms with Crippen LogP contribution in [0.3, 0.4) is 0 Å². The first kappa shape index (κ1) is 17.4. The number of aldehydes is 1. The average Bonchev–Trinajstić information content (AvgIpc) is 3.31. The fourth-order valence-corrected chi connectivity index (χ4v) is 2.28. The maximum Gasteiger partial charge on any atom is 0.130 e. The van der Waals surface area contributed by atoms with Crippen molar-refractivity contribution in [2.75, 3.05) is 14.2 Å². The molecule has 114 valence electrons. The number of ether oxygens (including phenoxy) is 1. The molecular formula is C19H26O2. The number of carbonyl (C=O) groups excluding carboxylic acids is 1. The Bertz CT molecular complexity index is 583. The summed E-state index contributed by atoms with van der Waals surface area (Å²) in [6.45, 7) is 6.10. The molecule has 0 heterocycles. The van der Waals surface area contributed by atoms with Gasteiger partial charge >= 0.3 is 0 Å². The molecule has 2 heteroatoms. The van der Waals surface area contributed by atoms with Gasteiger partial charge in [-0.3, -0.25) is 0 Å². The molecule has 0 unspecified atom stereocenters. The molecule has 0 radical (unpaired) electrons. The first-order valence-electron chi connectivity index (χ1n) is 7.52. The van der Waals surface area contributed by atoms with E-state index in [0.717, 1.165) is 19.1 Å². The Kier molecular flexibility index (Phi) is 6.57. The zero-order chi connectivity index (χ0) is 15.9. The lowest BCUT2D eigenvalue weighted by molar-refractivity contribution is -0.109. The molecule has 2 aromatic carbocycles. The number of aryl methyl sites for hydroxylation is 1. The lowest BCUT2D eigenvalue weighted by atomic mass is 9.94. The van der Waals surface area contributed by atoms with Crippen molar-refractivity contribution in [1.29, 1.82) is 0 Å². The van der Waals surface area contributed by atoms with E-state index in [1.54, 1.807) is 14.2 Å². The summed E-state index contributed by atoms with van der Waals surface area (Å²) in [5.41, 5.74) is 2.30. The molecule has 0 bridgehead atoms. The molecule has 0 spiro atoms. The van der Waals surface area contributed by atoms with E-state index in [1.165, 1.54) is 21.9 Å². The first-order valence-corrected chi connectivity index (χ1v) is 7.52. The average molecular weight is 286 g/mol. The van der Waals surface area contributed by atoms with Crippen molar-refractivity contribution >= 4 is 17.1 Å². The highest BCUT2D eigenvalue weighted by Crippen LogP contribution is 2.46. The molecule has 0 N–H and O–H groups in total. The van der Waals surface area contributed by atoms with E-state index in [1.807, 2.05) is 13.8 Å². The molecule has 2 nitrogen and oxygen atoms in total. The molecule has 2 aromatic rings. The van der Waals surface area contributed by atoms with Gasteiger partial charge in [-0.2, -0.15) is 0 Å². The SMILES string of the molecule is CC.COC.Cc1ccc2cc(C3(C=O)CC3)ccc2c1. The van der Waals surface area contributed by atoms with E-state index >= 15 is 0 Å². The maximum absolute atomic E-state index is 11.1. The van der Waals surface area contributed by atoms with E-state index in [4.69, 9.17) is 0 Å². The largest absolute Gasteiger partial charge is 0.388 e. The highest BCUT2D eigenvalue weighted by atomic mass is 16.4. The van der Waals surface area contributed by atoms with E-state index in [0.29, 0.717) is 0 Å². The van der Waals surface area contributed by atoms with Gasteiger partial charge in [-0.1, -0.05) is 55.8 Å². The third kappa shape index (κ3) is 4.15. The molecule has 0 aliphatic heterocycles. The van der Waals surface area contributed by atoms with Crippen LogP contribution in [-0.2, 0) is 14.9 Å². The van der Waals surface area contributed by atoms with Gasteiger partial charge in [0.15, 0.2) is 0 Å². The minimum absolute atomic E-state index is 0.154. The van der Waals surface area contributed by atoms with Crippen molar-refractivity contribution < 1.29 is 9.53 Å². The fourth-order valence-electron chi connectivity index (χ4n) is 2.28. The van der Waals surface area contributed by atoms with Crippen molar-refractivity contribution in [2.24, 2.45) is 0 Å².